The molecule has 2 aliphatic rings. The Balaban J connectivity index is 1.59. The van der Waals surface area contributed by atoms with Crippen LogP contribution in [0, 0.1) is 17.8 Å². The second-order valence-corrected chi connectivity index (χ2v) is 9.66. The maximum atomic E-state index is 6.69. The molecule has 0 N–H and O–H groups in total. The lowest BCUT2D eigenvalue weighted by molar-refractivity contribution is 0.251. The molecule has 4 rings (SSSR count). The SMILES string of the molecule is CS(OCC1CC2C=CC1C2)(c1ccccc1)c1ccccc1. The number of fused-ring (bicyclic) bond motifs is 2. The standard InChI is InChI=1S/C21H24OS/c1-23(20-8-4-2-5-9-20,21-10-6-3-7-11-21)22-16-19-15-17-12-13-18(19)14-17/h2-13,17-19H,14-16H2,1H3. The van der Waals surface area contributed by atoms with Gasteiger partial charge in [0, 0.05) is 9.79 Å². The van der Waals surface area contributed by atoms with Crippen LogP contribution in [0.1, 0.15) is 12.8 Å². The van der Waals surface area contributed by atoms with E-state index in [-0.39, 0.29) is 0 Å². The van der Waals surface area contributed by atoms with Crippen molar-refractivity contribution in [3.05, 3.63) is 72.8 Å². The fraction of sp³-hybridized carbons (Fsp3) is 0.333. The molecule has 0 saturated heterocycles. The number of rotatable bonds is 5. The lowest BCUT2D eigenvalue weighted by Gasteiger charge is -2.38. The third kappa shape index (κ3) is 2.86. The van der Waals surface area contributed by atoms with E-state index in [2.05, 4.69) is 79.1 Å². The highest BCUT2D eigenvalue weighted by molar-refractivity contribution is 8.29. The molecule has 0 amide bonds. The van der Waals surface area contributed by atoms with Crippen LogP contribution in [0.3, 0.4) is 0 Å². The van der Waals surface area contributed by atoms with Crippen molar-refractivity contribution in [2.45, 2.75) is 22.6 Å². The molecule has 23 heavy (non-hydrogen) atoms. The Morgan fingerprint density at radius 1 is 0.870 bits per heavy atom. The molecular weight excluding hydrogens is 300 g/mol. The maximum absolute atomic E-state index is 6.69. The second kappa shape index (κ2) is 6.18. The van der Waals surface area contributed by atoms with Gasteiger partial charge in [-0.2, -0.15) is 0 Å². The summed E-state index contributed by atoms with van der Waals surface area (Å²) >= 11 is 0. The van der Waals surface area contributed by atoms with Gasteiger partial charge in [-0.05, 0) is 61.1 Å². The quantitative estimate of drug-likeness (QED) is 0.643. The van der Waals surface area contributed by atoms with Crippen molar-refractivity contribution in [3.63, 3.8) is 0 Å². The number of benzene rings is 2. The van der Waals surface area contributed by atoms with Crippen LogP contribution in [-0.2, 0) is 4.18 Å². The molecule has 0 spiro atoms. The summed E-state index contributed by atoms with van der Waals surface area (Å²) in [5.41, 5.74) is 0. The van der Waals surface area contributed by atoms with E-state index in [1.807, 2.05) is 0 Å². The van der Waals surface area contributed by atoms with Crippen LogP contribution in [0.4, 0.5) is 0 Å². The number of hydrogen-bond donors (Lipinski definition) is 0. The zero-order valence-corrected chi connectivity index (χ0v) is 14.4. The van der Waals surface area contributed by atoms with Crippen LogP contribution < -0.4 is 0 Å². The predicted octanol–water partition coefficient (Wildman–Crippen LogP) is 5.68. The summed E-state index contributed by atoms with van der Waals surface area (Å²) in [5, 5.41) is 0. The summed E-state index contributed by atoms with van der Waals surface area (Å²) in [7, 11) is -1.42. The van der Waals surface area contributed by atoms with E-state index in [4.69, 9.17) is 4.18 Å². The van der Waals surface area contributed by atoms with E-state index in [1.165, 1.54) is 22.6 Å². The summed E-state index contributed by atoms with van der Waals surface area (Å²) < 4.78 is 6.69. The molecule has 0 heterocycles. The van der Waals surface area contributed by atoms with Crippen molar-refractivity contribution < 1.29 is 4.18 Å². The van der Waals surface area contributed by atoms with E-state index >= 15 is 0 Å². The maximum Gasteiger partial charge on any atom is 0.0634 e. The number of allylic oxidation sites excluding steroid dienone is 2. The molecule has 3 unspecified atom stereocenters. The molecule has 120 valence electrons. The molecule has 2 aliphatic carbocycles. The topological polar surface area (TPSA) is 9.23 Å². The van der Waals surface area contributed by atoms with Crippen molar-refractivity contribution in [1.82, 2.24) is 0 Å². The van der Waals surface area contributed by atoms with Gasteiger partial charge >= 0.3 is 0 Å². The summed E-state index contributed by atoms with van der Waals surface area (Å²) in [6, 6.07) is 21.5. The lowest BCUT2D eigenvalue weighted by Crippen LogP contribution is -2.17. The van der Waals surface area contributed by atoms with Crippen LogP contribution in [0.2, 0.25) is 0 Å². The van der Waals surface area contributed by atoms with E-state index < -0.39 is 10.3 Å². The molecule has 3 atom stereocenters. The van der Waals surface area contributed by atoms with E-state index in [0.717, 1.165) is 18.4 Å². The first-order valence-electron chi connectivity index (χ1n) is 8.47. The Hall–Kier alpha value is -1.51. The van der Waals surface area contributed by atoms with Gasteiger partial charge in [-0.15, -0.1) is 0 Å². The van der Waals surface area contributed by atoms with Gasteiger partial charge in [-0.1, -0.05) is 58.9 Å². The van der Waals surface area contributed by atoms with Crippen LogP contribution in [0.5, 0.6) is 0 Å². The lowest BCUT2D eigenvalue weighted by atomic mass is 9.95. The Morgan fingerprint density at radius 3 is 1.96 bits per heavy atom. The van der Waals surface area contributed by atoms with Crippen molar-refractivity contribution in [1.29, 1.82) is 0 Å². The molecule has 0 radical (unpaired) electrons. The van der Waals surface area contributed by atoms with Gasteiger partial charge in [0.05, 0.1) is 6.61 Å². The summed E-state index contributed by atoms with van der Waals surface area (Å²) in [6.07, 6.45) is 9.76. The minimum absolute atomic E-state index is 0.698. The average Bonchev–Trinajstić information content (AvgIpc) is 3.24. The minimum atomic E-state index is -1.42. The largest absolute Gasteiger partial charge is 0.328 e. The molecule has 2 heteroatoms. The molecule has 1 saturated carbocycles. The highest BCUT2D eigenvalue weighted by Crippen LogP contribution is 2.61. The van der Waals surface area contributed by atoms with Crippen LogP contribution in [0.25, 0.3) is 0 Å². The fourth-order valence-corrected chi connectivity index (χ4v) is 6.29. The Morgan fingerprint density at radius 2 is 1.48 bits per heavy atom. The van der Waals surface area contributed by atoms with Crippen molar-refractivity contribution >= 4 is 10.3 Å². The van der Waals surface area contributed by atoms with E-state index in [9.17, 15) is 0 Å². The first kappa shape index (κ1) is 15.0. The zero-order valence-electron chi connectivity index (χ0n) is 13.6. The van der Waals surface area contributed by atoms with Crippen molar-refractivity contribution in [2.24, 2.45) is 17.8 Å². The summed E-state index contributed by atoms with van der Waals surface area (Å²) in [4.78, 5) is 2.62. The first-order valence-corrected chi connectivity index (χ1v) is 10.4. The zero-order chi connectivity index (χ0) is 15.7. The monoisotopic (exact) mass is 324 g/mol. The Kier molecular flexibility index (Phi) is 4.04. The summed E-state index contributed by atoms with van der Waals surface area (Å²) in [6.45, 7) is 0.876. The molecule has 2 aromatic rings. The Labute approximate surface area is 140 Å². The molecule has 1 nitrogen and oxygen atoms in total. The second-order valence-electron chi connectivity index (χ2n) is 6.79. The summed E-state index contributed by atoms with van der Waals surface area (Å²) in [5.74, 6) is 2.25. The van der Waals surface area contributed by atoms with Crippen LogP contribution in [-0.4, -0.2) is 12.9 Å². The number of hydrogen-bond acceptors (Lipinski definition) is 1. The van der Waals surface area contributed by atoms with Gasteiger partial charge in [0.2, 0.25) is 0 Å². The molecule has 0 aromatic heterocycles. The average molecular weight is 324 g/mol. The molecule has 1 fully saturated rings. The molecule has 2 aromatic carbocycles. The van der Waals surface area contributed by atoms with E-state index in [0.29, 0.717) is 5.92 Å². The van der Waals surface area contributed by atoms with Crippen LogP contribution in [0.15, 0.2) is 82.6 Å². The third-order valence-electron chi connectivity index (χ3n) is 5.32. The first-order chi connectivity index (χ1) is 11.3. The van der Waals surface area contributed by atoms with Gasteiger partial charge in [-0.3, -0.25) is 0 Å². The Bertz CT molecular complexity index is 640. The van der Waals surface area contributed by atoms with Gasteiger partial charge in [-0.25, -0.2) is 0 Å². The van der Waals surface area contributed by atoms with Gasteiger partial charge in [0.25, 0.3) is 0 Å². The molecular formula is C21H24OS. The molecule has 2 bridgehead atoms. The van der Waals surface area contributed by atoms with E-state index in [1.54, 1.807) is 0 Å². The van der Waals surface area contributed by atoms with Crippen LogP contribution >= 0.6 is 10.3 Å². The molecule has 0 aliphatic heterocycles. The van der Waals surface area contributed by atoms with Crippen molar-refractivity contribution in [2.75, 3.05) is 12.9 Å². The highest BCUT2D eigenvalue weighted by atomic mass is 32.3. The highest BCUT2D eigenvalue weighted by Gasteiger charge is 2.37. The smallest absolute Gasteiger partial charge is 0.0634 e. The third-order valence-corrected chi connectivity index (χ3v) is 8.27. The van der Waals surface area contributed by atoms with Gasteiger partial charge in [0.15, 0.2) is 0 Å². The normalized spacial score (nSPS) is 26.6. The van der Waals surface area contributed by atoms with Crippen molar-refractivity contribution in [3.8, 4) is 0 Å². The minimum Gasteiger partial charge on any atom is -0.328 e. The fourth-order valence-electron chi connectivity index (χ4n) is 3.94. The predicted molar refractivity (Wildman–Crippen MR) is 97.7 cm³/mol. The van der Waals surface area contributed by atoms with Gasteiger partial charge < -0.3 is 4.18 Å². The van der Waals surface area contributed by atoms with Gasteiger partial charge in [0.1, 0.15) is 0 Å².